The Hall–Kier alpha value is -2.84. The van der Waals surface area contributed by atoms with E-state index < -0.39 is 10.0 Å². The number of nitrogens with one attached hydrogen (secondary N) is 2. The average molecular weight is 514 g/mol. The van der Waals surface area contributed by atoms with Gasteiger partial charge in [-0.2, -0.15) is 0 Å². The number of amides is 1. The molecule has 0 saturated carbocycles. The summed E-state index contributed by atoms with van der Waals surface area (Å²) in [6.45, 7) is 2.15. The molecule has 166 valence electrons. The zero-order chi connectivity index (χ0) is 22.6. The molecule has 2 N–H and O–H groups in total. The second-order valence-corrected chi connectivity index (χ2v) is 10.3. The smallest absolute Gasteiger partial charge is 0.261 e. The average Bonchev–Trinajstić information content (AvgIpc) is 3.33. The first-order valence-electron chi connectivity index (χ1n) is 10.4. The Labute approximate surface area is 196 Å². The molecule has 1 aliphatic heterocycles. The Morgan fingerprint density at radius 1 is 0.938 bits per heavy atom. The molecule has 32 heavy (non-hydrogen) atoms. The van der Waals surface area contributed by atoms with Crippen LogP contribution in [0.3, 0.4) is 0 Å². The number of anilines is 2. The van der Waals surface area contributed by atoms with Crippen LogP contribution in [0.5, 0.6) is 0 Å². The second-order valence-electron chi connectivity index (χ2n) is 7.65. The van der Waals surface area contributed by atoms with E-state index >= 15 is 0 Å². The van der Waals surface area contributed by atoms with E-state index in [9.17, 15) is 13.2 Å². The summed E-state index contributed by atoms with van der Waals surface area (Å²) < 4.78 is 29.0. The van der Waals surface area contributed by atoms with Gasteiger partial charge >= 0.3 is 0 Å². The molecule has 0 spiro atoms. The molecule has 1 saturated heterocycles. The zero-order valence-corrected chi connectivity index (χ0v) is 19.8. The van der Waals surface area contributed by atoms with Crippen LogP contribution in [0.2, 0.25) is 0 Å². The third-order valence-electron chi connectivity index (χ3n) is 5.36. The molecule has 3 aromatic carbocycles. The van der Waals surface area contributed by atoms with Crippen LogP contribution in [0, 0.1) is 0 Å². The van der Waals surface area contributed by atoms with Crippen molar-refractivity contribution in [2.75, 3.05) is 22.7 Å². The van der Waals surface area contributed by atoms with E-state index in [1.807, 2.05) is 36.4 Å². The number of halogens is 1. The standard InChI is InChI=1S/C24H24BrN3O3S/c25-19-8-11-21(12-9-19)32(30,31)27-20-10-13-23(28-14-4-5-15-28)22(16-20)24(29)26-17-18-6-2-1-3-7-18/h1-3,6-13,16,27H,4-5,14-15,17H2,(H,26,29). The summed E-state index contributed by atoms with van der Waals surface area (Å²) in [7, 11) is -3.78. The fourth-order valence-electron chi connectivity index (χ4n) is 3.72. The van der Waals surface area contributed by atoms with E-state index in [0.717, 1.165) is 41.7 Å². The number of carbonyl (C=O) groups is 1. The molecule has 0 unspecified atom stereocenters. The maximum Gasteiger partial charge on any atom is 0.261 e. The first kappa shape index (κ1) is 22.4. The number of benzene rings is 3. The maximum absolute atomic E-state index is 13.1. The van der Waals surface area contributed by atoms with Crippen molar-refractivity contribution in [1.29, 1.82) is 0 Å². The van der Waals surface area contributed by atoms with E-state index in [-0.39, 0.29) is 10.8 Å². The van der Waals surface area contributed by atoms with Gasteiger partial charge in [0.05, 0.1) is 10.5 Å². The predicted octanol–water partition coefficient (Wildman–Crippen LogP) is 4.78. The van der Waals surface area contributed by atoms with Crippen LogP contribution in [0.25, 0.3) is 0 Å². The summed E-state index contributed by atoms with van der Waals surface area (Å²) in [5.41, 5.74) is 2.62. The molecule has 4 rings (SSSR count). The van der Waals surface area contributed by atoms with Crippen molar-refractivity contribution in [2.45, 2.75) is 24.3 Å². The van der Waals surface area contributed by atoms with Gasteiger partial charge in [0.25, 0.3) is 15.9 Å². The SMILES string of the molecule is O=C(NCc1ccccc1)c1cc(NS(=O)(=O)c2ccc(Br)cc2)ccc1N1CCCC1. The minimum atomic E-state index is -3.78. The molecule has 1 amide bonds. The Bertz CT molecular complexity index is 1190. The van der Waals surface area contributed by atoms with E-state index in [1.165, 1.54) is 12.1 Å². The third-order valence-corrected chi connectivity index (χ3v) is 7.29. The molecule has 1 fully saturated rings. The Balaban J connectivity index is 1.60. The van der Waals surface area contributed by atoms with Crippen molar-refractivity contribution in [3.05, 3.63) is 88.4 Å². The summed E-state index contributed by atoms with van der Waals surface area (Å²) in [6.07, 6.45) is 2.14. The highest BCUT2D eigenvalue weighted by Crippen LogP contribution is 2.29. The monoisotopic (exact) mass is 513 g/mol. The number of hydrogen-bond donors (Lipinski definition) is 2. The van der Waals surface area contributed by atoms with Crippen LogP contribution < -0.4 is 14.9 Å². The first-order chi connectivity index (χ1) is 15.4. The van der Waals surface area contributed by atoms with Gasteiger partial charge in [-0.25, -0.2) is 8.42 Å². The van der Waals surface area contributed by atoms with Crippen LogP contribution in [0.1, 0.15) is 28.8 Å². The Kier molecular flexibility index (Phi) is 6.81. The third kappa shape index (κ3) is 5.31. The topological polar surface area (TPSA) is 78.5 Å². The van der Waals surface area contributed by atoms with Crippen LogP contribution in [0.15, 0.2) is 82.2 Å². The lowest BCUT2D eigenvalue weighted by Crippen LogP contribution is -2.27. The lowest BCUT2D eigenvalue weighted by molar-refractivity contribution is 0.0951. The zero-order valence-electron chi connectivity index (χ0n) is 17.4. The van der Waals surface area contributed by atoms with Crippen LogP contribution in [0.4, 0.5) is 11.4 Å². The summed E-state index contributed by atoms with van der Waals surface area (Å²) >= 11 is 3.31. The van der Waals surface area contributed by atoms with Gasteiger partial charge in [0.2, 0.25) is 0 Å². The molecule has 0 bridgehead atoms. The quantitative estimate of drug-likeness (QED) is 0.476. The fraction of sp³-hybridized carbons (Fsp3) is 0.208. The Morgan fingerprint density at radius 2 is 1.62 bits per heavy atom. The van der Waals surface area contributed by atoms with Gasteiger partial charge in [-0.15, -0.1) is 0 Å². The van der Waals surface area contributed by atoms with Crippen molar-refractivity contribution in [2.24, 2.45) is 0 Å². The fourth-order valence-corrected chi connectivity index (χ4v) is 5.03. The van der Waals surface area contributed by atoms with Gasteiger partial charge in [0.1, 0.15) is 0 Å². The van der Waals surface area contributed by atoms with Gasteiger partial charge in [0, 0.05) is 35.5 Å². The molecule has 0 aliphatic carbocycles. The van der Waals surface area contributed by atoms with E-state index in [2.05, 4.69) is 30.9 Å². The van der Waals surface area contributed by atoms with Crippen molar-refractivity contribution in [3.8, 4) is 0 Å². The normalized spacial score (nSPS) is 13.7. The maximum atomic E-state index is 13.1. The number of sulfonamides is 1. The second kappa shape index (κ2) is 9.75. The Morgan fingerprint density at radius 3 is 2.31 bits per heavy atom. The van der Waals surface area contributed by atoms with Crippen LogP contribution in [-0.2, 0) is 16.6 Å². The lowest BCUT2D eigenvalue weighted by atomic mass is 10.1. The number of hydrogen-bond acceptors (Lipinski definition) is 4. The van der Waals surface area contributed by atoms with E-state index in [1.54, 1.807) is 24.3 Å². The molecule has 0 atom stereocenters. The molecular formula is C24H24BrN3O3S. The lowest BCUT2D eigenvalue weighted by Gasteiger charge is -2.22. The van der Waals surface area contributed by atoms with Crippen molar-refractivity contribution in [3.63, 3.8) is 0 Å². The highest BCUT2D eigenvalue weighted by Gasteiger charge is 2.22. The molecule has 1 heterocycles. The predicted molar refractivity (Wildman–Crippen MR) is 130 cm³/mol. The van der Waals surface area contributed by atoms with Crippen molar-refractivity contribution in [1.82, 2.24) is 5.32 Å². The van der Waals surface area contributed by atoms with Crippen molar-refractivity contribution < 1.29 is 13.2 Å². The van der Waals surface area contributed by atoms with Gasteiger partial charge in [-0.1, -0.05) is 46.3 Å². The van der Waals surface area contributed by atoms with Gasteiger partial charge < -0.3 is 10.2 Å². The first-order valence-corrected chi connectivity index (χ1v) is 12.7. The highest BCUT2D eigenvalue weighted by molar-refractivity contribution is 9.10. The van der Waals surface area contributed by atoms with Gasteiger partial charge in [-0.05, 0) is 60.9 Å². The molecule has 8 heteroatoms. The van der Waals surface area contributed by atoms with Crippen LogP contribution >= 0.6 is 15.9 Å². The minimum absolute atomic E-state index is 0.152. The number of nitrogens with zero attached hydrogens (tertiary/aromatic N) is 1. The minimum Gasteiger partial charge on any atom is -0.371 e. The molecule has 0 radical (unpaired) electrons. The molecule has 6 nitrogen and oxygen atoms in total. The summed E-state index contributed by atoms with van der Waals surface area (Å²) in [4.78, 5) is 15.4. The highest BCUT2D eigenvalue weighted by atomic mass is 79.9. The summed E-state index contributed by atoms with van der Waals surface area (Å²) in [6, 6.07) is 21.2. The van der Waals surface area contributed by atoms with E-state index in [4.69, 9.17) is 0 Å². The largest absolute Gasteiger partial charge is 0.371 e. The molecular weight excluding hydrogens is 490 g/mol. The molecule has 3 aromatic rings. The van der Waals surface area contributed by atoms with Crippen molar-refractivity contribution >= 4 is 43.2 Å². The number of rotatable bonds is 7. The van der Waals surface area contributed by atoms with Crippen LogP contribution in [-0.4, -0.2) is 27.4 Å². The van der Waals surface area contributed by atoms with Gasteiger partial charge in [-0.3, -0.25) is 9.52 Å². The molecule has 1 aliphatic rings. The van der Waals surface area contributed by atoms with E-state index in [0.29, 0.717) is 17.8 Å². The number of carbonyl (C=O) groups excluding carboxylic acids is 1. The summed E-state index contributed by atoms with van der Waals surface area (Å²) in [5, 5.41) is 2.96. The summed E-state index contributed by atoms with van der Waals surface area (Å²) in [5.74, 6) is -0.236. The van der Waals surface area contributed by atoms with Gasteiger partial charge in [0.15, 0.2) is 0 Å². The molecule has 0 aromatic heterocycles.